The minimum atomic E-state index is -1.17. The lowest BCUT2D eigenvalue weighted by atomic mass is 9.69. The molecular formula is C61H93N5O13. The van der Waals surface area contributed by atoms with Gasteiger partial charge in [0, 0.05) is 68.9 Å². The molecule has 18 nitrogen and oxygen atoms in total. The number of methoxy groups -OCH3 is 1. The third-order valence-electron chi connectivity index (χ3n) is 17.8. The summed E-state index contributed by atoms with van der Waals surface area (Å²) in [5.74, 6) is -5.81. The van der Waals surface area contributed by atoms with Crippen LogP contribution in [0.3, 0.4) is 0 Å². The van der Waals surface area contributed by atoms with Crippen molar-refractivity contribution in [2.24, 2.45) is 47.3 Å². The summed E-state index contributed by atoms with van der Waals surface area (Å²) >= 11 is 0. The van der Waals surface area contributed by atoms with Gasteiger partial charge in [-0.1, -0.05) is 110 Å². The van der Waals surface area contributed by atoms with Crippen LogP contribution in [-0.4, -0.2) is 135 Å². The Morgan fingerprint density at radius 1 is 0.975 bits per heavy atom. The molecule has 5 aliphatic rings. The number of nitrogens with one attached hydrogen (secondary N) is 4. The monoisotopic (exact) mass is 1100 g/mol. The number of phenolic OH excluding ortho intramolecular Hbond substituents is 1. The summed E-state index contributed by atoms with van der Waals surface area (Å²) in [5.41, 5.74) is 3.39. The molecule has 0 radical (unpaired) electrons. The lowest BCUT2D eigenvalue weighted by Crippen LogP contribution is -2.71. The zero-order chi connectivity index (χ0) is 57.9. The van der Waals surface area contributed by atoms with Crippen LogP contribution in [0.5, 0.6) is 5.75 Å². The third-order valence-corrected chi connectivity index (χ3v) is 17.8. The summed E-state index contributed by atoms with van der Waals surface area (Å²) in [5, 5.41) is 55.2. The molecule has 4 fully saturated rings. The maximum absolute atomic E-state index is 14.6. The molecule has 0 unspecified atom stereocenters. The Balaban J connectivity index is 1.20. The second kappa shape index (κ2) is 28.2. The number of ether oxygens (including phenoxy) is 4. The number of aliphatic hydroxyl groups is 3. The van der Waals surface area contributed by atoms with Gasteiger partial charge in [-0.15, -0.1) is 0 Å². The van der Waals surface area contributed by atoms with Crippen LogP contribution < -0.4 is 21.4 Å². The third kappa shape index (κ3) is 15.7. The molecule has 4 amide bonds. The van der Waals surface area contributed by atoms with Crippen molar-refractivity contribution in [3.63, 3.8) is 0 Å². The summed E-state index contributed by atoms with van der Waals surface area (Å²) in [4.78, 5) is 70.6. The topological polar surface area (TPSA) is 255 Å². The second-order valence-electron chi connectivity index (χ2n) is 23.9. The molecule has 440 valence electrons. The summed E-state index contributed by atoms with van der Waals surface area (Å²) in [6.07, 6.45) is 13.0. The first kappa shape index (κ1) is 63.2. The van der Waals surface area contributed by atoms with Crippen molar-refractivity contribution in [2.45, 2.75) is 206 Å². The minimum absolute atomic E-state index is 0.00586. The number of hydrogen-bond donors (Lipinski definition) is 8. The molecule has 1 aromatic rings. The first-order valence-corrected chi connectivity index (χ1v) is 29.0. The zero-order valence-corrected chi connectivity index (χ0v) is 48.6. The van der Waals surface area contributed by atoms with Crippen molar-refractivity contribution in [1.29, 1.82) is 0 Å². The van der Waals surface area contributed by atoms with E-state index in [4.69, 9.17) is 18.9 Å². The van der Waals surface area contributed by atoms with Gasteiger partial charge in [-0.3, -0.25) is 29.0 Å². The number of esters is 1. The first-order chi connectivity index (χ1) is 37.4. The molecule has 79 heavy (non-hydrogen) atoms. The van der Waals surface area contributed by atoms with Gasteiger partial charge in [0.05, 0.1) is 36.4 Å². The van der Waals surface area contributed by atoms with Crippen molar-refractivity contribution in [3.05, 3.63) is 77.9 Å². The van der Waals surface area contributed by atoms with Crippen LogP contribution in [0, 0.1) is 47.3 Å². The number of allylic oxidation sites excluding steroid dienone is 5. The highest BCUT2D eigenvalue weighted by Crippen LogP contribution is 2.46. The number of phenols is 1. The second-order valence-corrected chi connectivity index (χ2v) is 23.9. The molecule has 1 spiro atoms. The molecule has 0 saturated carbocycles. The number of hydrazine groups is 1. The number of nitrogens with zero attached hydrogens (tertiary/aromatic N) is 1. The molecular weight excluding hydrogens is 1010 g/mol. The van der Waals surface area contributed by atoms with E-state index in [2.05, 4.69) is 28.3 Å². The molecule has 2 bridgehead atoms. The van der Waals surface area contributed by atoms with Gasteiger partial charge in [-0.25, -0.2) is 5.43 Å². The Hall–Kier alpha value is -4.95. The maximum atomic E-state index is 14.6. The minimum Gasteiger partial charge on any atom is -0.508 e. The van der Waals surface area contributed by atoms with Gasteiger partial charge in [0.15, 0.2) is 5.79 Å². The van der Waals surface area contributed by atoms with Gasteiger partial charge in [0.2, 0.25) is 17.7 Å². The zero-order valence-electron chi connectivity index (χ0n) is 48.6. The van der Waals surface area contributed by atoms with Crippen molar-refractivity contribution in [2.75, 3.05) is 13.7 Å². The Morgan fingerprint density at radius 2 is 1.72 bits per heavy atom. The average Bonchev–Trinajstić information content (AvgIpc) is 3.55. The maximum Gasteiger partial charge on any atom is 0.325 e. The van der Waals surface area contributed by atoms with Crippen LogP contribution in [0.25, 0.3) is 0 Å². The molecule has 0 aromatic heterocycles. The number of benzene rings is 1. The van der Waals surface area contributed by atoms with Crippen LogP contribution in [0.2, 0.25) is 0 Å². The fourth-order valence-corrected chi connectivity index (χ4v) is 12.1. The molecule has 8 N–H and O–H groups in total. The van der Waals surface area contributed by atoms with Crippen LogP contribution >= 0.6 is 0 Å². The lowest BCUT2D eigenvalue weighted by molar-refractivity contribution is -0.280. The van der Waals surface area contributed by atoms with Gasteiger partial charge in [0.25, 0.3) is 5.91 Å². The Morgan fingerprint density at radius 3 is 2.42 bits per heavy atom. The Labute approximate surface area is 468 Å². The van der Waals surface area contributed by atoms with Crippen LogP contribution in [-0.2, 0) is 49.3 Å². The molecule has 5 heterocycles. The molecule has 5 aliphatic heterocycles. The lowest BCUT2D eigenvalue weighted by Gasteiger charge is -2.56. The number of carbonyl (C=O) groups excluding carboxylic acids is 5. The van der Waals surface area contributed by atoms with Gasteiger partial charge < -0.3 is 55.3 Å². The molecule has 4 saturated heterocycles. The van der Waals surface area contributed by atoms with E-state index < -0.39 is 108 Å². The highest BCUT2D eigenvalue weighted by atomic mass is 16.7. The van der Waals surface area contributed by atoms with E-state index in [0.29, 0.717) is 56.9 Å². The van der Waals surface area contributed by atoms with E-state index in [0.717, 1.165) is 12.0 Å². The number of hydrogen-bond acceptors (Lipinski definition) is 14. The number of cyclic esters (lactones) is 1. The fourth-order valence-electron chi connectivity index (χ4n) is 12.1. The average molecular weight is 1100 g/mol. The van der Waals surface area contributed by atoms with Crippen LogP contribution in [0.4, 0.5) is 0 Å². The first-order valence-electron chi connectivity index (χ1n) is 29.0. The van der Waals surface area contributed by atoms with Gasteiger partial charge in [-0.05, 0) is 93.9 Å². The molecule has 6 rings (SSSR count). The van der Waals surface area contributed by atoms with E-state index in [1.54, 1.807) is 58.1 Å². The van der Waals surface area contributed by atoms with Crippen LogP contribution in [0.1, 0.15) is 139 Å². The van der Waals surface area contributed by atoms with E-state index in [1.165, 1.54) is 24.3 Å². The number of aromatic hydroxyl groups is 1. The van der Waals surface area contributed by atoms with E-state index in [1.807, 2.05) is 58.9 Å². The molecule has 18 atom stereocenters. The Kier molecular flexibility index (Phi) is 22.5. The van der Waals surface area contributed by atoms with Crippen molar-refractivity contribution < 1.29 is 63.3 Å². The normalized spacial score (nSPS) is 36.6. The van der Waals surface area contributed by atoms with Crippen molar-refractivity contribution in [3.8, 4) is 5.75 Å². The standard InChI is InChI=1S/C61H93N5O13/c1-12-43-31-38(6)61(64-55(43)71)41(9)53(70)40(8)51(78-61)34-49(69)36(4)21-15-13-16-22-37(5)50-27-18-14-17-26-48(68)39(7)54-45(28-29-60(10,76-11)79-54)56(72)63-52(35(2)3)57(73)62-47(33-42-23-19-24-44(67)32-42)58(74)66-30-20-25-46(65-66)59(75)77-50/h13-14,16-19,22-24,26,32,35-36,38-41,43,45-54,65,67-70H,12,15,20-21,25,27-31,33-34H2,1-11H3,(H,62,73)(H,63,72)(H,64,71)/t36-,38-,39-,40-,41-,43-,45+,46-,47-,48-,49-,50-,51-,52-,53-,54+,60-,61+/m0/s1. The molecule has 18 heteroatoms. The van der Waals surface area contributed by atoms with Crippen LogP contribution in [0.15, 0.2) is 72.4 Å². The van der Waals surface area contributed by atoms with E-state index in [-0.39, 0.29) is 60.6 Å². The number of aliphatic hydroxyl groups excluding tert-OH is 3. The summed E-state index contributed by atoms with van der Waals surface area (Å²) in [6.45, 7) is 19.2. The largest absolute Gasteiger partial charge is 0.508 e. The quantitative estimate of drug-likeness (QED) is 0.0807. The summed E-state index contributed by atoms with van der Waals surface area (Å²) in [7, 11) is 1.53. The predicted octanol–water partition coefficient (Wildman–Crippen LogP) is 6.22. The number of piperidine rings is 1. The molecule has 0 aliphatic carbocycles. The number of amides is 4. The predicted molar refractivity (Wildman–Crippen MR) is 299 cm³/mol. The number of rotatable bonds is 13. The smallest absolute Gasteiger partial charge is 0.325 e. The summed E-state index contributed by atoms with van der Waals surface area (Å²) in [6, 6.07) is 3.25. The van der Waals surface area contributed by atoms with Crippen molar-refractivity contribution >= 4 is 29.6 Å². The van der Waals surface area contributed by atoms with Gasteiger partial charge in [0.1, 0.15) is 35.7 Å². The molecule has 1 aromatic carbocycles. The summed E-state index contributed by atoms with van der Waals surface area (Å²) < 4.78 is 25.2. The number of fused-ring (bicyclic) bond motifs is 3. The highest BCUT2D eigenvalue weighted by molar-refractivity contribution is 5.93. The van der Waals surface area contributed by atoms with Gasteiger partial charge in [-0.2, -0.15) is 0 Å². The van der Waals surface area contributed by atoms with E-state index in [9.17, 15) is 44.4 Å². The Bertz CT molecular complexity index is 2380. The SMILES string of the molecule is CC[C@H]1C[C@H](C)[C@@]2(NC1=O)O[C@@H](C[C@H](O)[C@@H](C)CCC=CC=C(C)[C@@H]1CC=CC=C[C@H](O)[C@H](C)[C@H]3O[C@](C)(OC)CC[C@H]3C(=O)N[C@@H](C(C)C)C(=O)N[C@@H](Cc3cccc(O)c3)C(=O)N3CCC[C@H](N3)C(=O)O1)[C@H](C)[C@H](O)[C@@H]2C. The fraction of sp³-hybridized carbons (Fsp3) is 0.689. The number of carbonyl (C=O) groups is 5. The van der Waals surface area contributed by atoms with E-state index >= 15 is 0 Å². The van der Waals surface area contributed by atoms with Crippen molar-refractivity contribution in [1.82, 2.24) is 26.4 Å². The van der Waals surface area contributed by atoms with Gasteiger partial charge >= 0.3 is 5.97 Å². The highest BCUT2D eigenvalue weighted by Gasteiger charge is 2.57.